The van der Waals surface area contributed by atoms with E-state index >= 15 is 0 Å². The molecule has 0 aromatic heterocycles. The molecule has 0 radical (unpaired) electrons. The number of aryl methyl sites for hydroxylation is 2. The van der Waals surface area contributed by atoms with Gasteiger partial charge in [-0.3, -0.25) is 5.41 Å². The second-order valence-electron chi connectivity index (χ2n) is 4.53. The SMILES string of the molecule is Cc1cc(Oc2ccc(Br)cc2C(=N)N)cc(C)c1Br. The van der Waals surface area contributed by atoms with Crippen LogP contribution in [-0.4, -0.2) is 5.84 Å². The van der Waals surface area contributed by atoms with Crippen molar-refractivity contribution in [1.82, 2.24) is 0 Å². The van der Waals surface area contributed by atoms with Crippen molar-refractivity contribution in [1.29, 1.82) is 5.41 Å². The van der Waals surface area contributed by atoms with E-state index in [0.717, 1.165) is 25.8 Å². The molecule has 5 heteroatoms. The topological polar surface area (TPSA) is 59.1 Å². The van der Waals surface area contributed by atoms with Crippen LogP contribution in [0.15, 0.2) is 39.3 Å². The lowest BCUT2D eigenvalue weighted by Gasteiger charge is -2.13. The Bertz CT molecular complexity index is 661. The van der Waals surface area contributed by atoms with Crippen LogP contribution in [-0.2, 0) is 0 Å². The first-order valence-corrected chi connectivity index (χ1v) is 7.55. The molecule has 0 saturated carbocycles. The molecule has 3 nitrogen and oxygen atoms in total. The lowest BCUT2D eigenvalue weighted by atomic mass is 10.1. The molecular formula is C15H14Br2N2O. The fraction of sp³-hybridized carbons (Fsp3) is 0.133. The third-order valence-corrected chi connectivity index (χ3v) is 4.61. The van der Waals surface area contributed by atoms with Crippen molar-refractivity contribution < 1.29 is 4.74 Å². The molecular weight excluding hydrogens is 384 g/mol. The summed E-state index contributed by atoms with van der Waals surface area (Å²) in [6.45, 7) is 4.02. The summed E-state index contributed by atoms with van der Waals surface area (Å²) in [6.07, 6.45) is 0. The number of ether oxygens (including phenoxy) is 1. The average molecular weight is 398 g/mol. The summed E-state index contributed by atoms with van der Waals surface area (Å²) in [5.41, 5.74) is 8.36. The van der Waals surface area contributed by atoms with E-state index in [4.69, 9.17) is 15.9 Å². The van der Waals surface area contributed by atoms with E-state index in [0.29, 0.717) is 11.3 Å². The van der Waals surface area contributed by atoms with Gasteiger partial charge < -0.3 is 10.5 Å². The van der Waals surface area contributed by atoms with E-state index < -0.39 is 0 Å². The molecule has 0 fully saturated rings. The van der Waals surface area contributed by atoms with E-state index in [1.165, 1.54) is 0 Å². The van der Waals surface area contributed by atoms with Gasteiger partial charge in [-0.25, -0.2) is 0 Å². The second-order valence-corrected chi connectivity index (χ2v) is 6.24. The summed E-state index contributed by atoms with van der Waals surface area (Å²) >= 11 is 6.90. The van der Waals surface area contributed by atoms with Crippen LogP contribution in [0.4, 0.5) is 0 Å². The van der Waals surface area contributed by atoms with Gasteiger partial charge in [-0.15, -0.1) is 0 Å². The molecule has 2 aromatic rings. The molecule has 0 unspecified atom stereocenters. The average Bonchev–Trinajstić information content (AvgIpc) is 2.37. The molecule has 0 aliphatic heterocycles. The lowest BCUT2D eigenvalue weighted by molar-refractivity contribution is 0.480. The van der Waals surface area contributed by atoms with Crippen molar-refractivity contribution >= 4 is 37.7 Å². The minimum absolute atomic E-state index is 0.0214. The van der Waals surface area contributed by atoms with Crippen LogP contribution in [0.25, 0.3) is 0 Å². The van der Waals surface area contributed by atoms with Crippen LogP contribution in [0.5, 0.6) is 11.5 Å². The molecule has 0 atom stereocenters. The van der Waals surface area contributed by atoms with Gasteiger partial charge >= 0.3 is 0 Å². The second kappa shape index (κ2) is 5.97. The standard InChI is InChI=1S/C15H14Br2N2O/c1-8-5-11(6-9(2)14(8)17)20-13-4-3-10(16)7-12(13)15(18)19/h3-7H,1-2H3,(H3,18,19). The fourth-order valence-corrected chi connectivity index (χ4v) is 2.48. The van der Waals surface area contributed by atoms with Crippen molar-refractivity contribution in [3.05, 3.63) is 56.0 Å². The molecule has 0 aliphatic carbocycles. The number of nitrogen functional groups attached to an aromatic ring is 1. The highest BCUT2D eigenvalue weighted by atomic mass is 79.9. The number of amidine groups is 1. The van der Waals surface area contributed by atoms with Crippen molar-refractivity contribution in [3.63, 3.8) is 0 Å². The van der Waals surface area contributed by atoms with Gasteiger partial charge in [0, 0.05) is 8.95 Å². The van der Waals surface area contributed by atoms with Crippen LogP contribution < -0.4 is 10.5 Å². The van der Waals surface area contributed by atoms with E-state index in [2.05, 4.69) is 31.9 Å². The molecule has 0 spiro atoms. The Hall–Kier alpha value is -1.33. The van der Waals surface area contributed by atoms with Crippen LogP contribution in [0, 0.1) is 19.3 Å². The number of rotatable bonds is 3. The maximum atomic E-state index is 7.63. The van der Waals surface area contributed by atoms with Crippen molar-refractivity contribution in [2.45, 2.75) is 13.8 Å². The van der Waals surface area contributed by atoms with Crippen LogP contribution in [0.3, 0.4) is 0 Å². The maximum absolute atomic E-state index is 7.63. The van der Waals surface area contributed by atoms with Crippen LogP contribution in [0.1, 0.15) is 16.7 Å². The molecule has 0 aliphatic rings. The third-order valence-electron chi connectivity index (χ3n) is 2.87. The predicted molar refractivity (Wildman–Crippen MR) is 88.8 cm³/mol. The Morgan fingerprint density at radius 3 is 2.25 bits per heavy atom. The van der Waals surface area contributed by atoms with Crippen LogP contribution in [0.2, 0.25) is 0 Å². The number of hydrogen-bond acceptors (Lipinski definition) is 2. The third kappa shape index (κ3) is 3.22. The first kappa shape index (κ1) is 15.1. The lowest BCUT2D eigenvalue weighted by Crippen LogP contribution is -2.12. The summed E-state index contributed by atoms with van der Waals surface area (Å²) in [5, 5.41) is 7.63. The van der Waals surface area contributed by atoms with Crippen LogP contribution >= 0.6 is 31.9 Å². The highest BCUT2D eigenvalue weighted by molar-refractivity contribution is 9.10. The summed E-state index contributed by atoms with van der Waals surface area (Å²) in [7, 11) is 0. The molecule has 0 heterocycles. The Kier molecular flexibility index (Phi) is 4.50. The molecule has 2 rings (SSSR count). The molecule has 3 N–H and O–H groups in total. The first-order chi connectivity index (χ1) is 9.38. The predicted octanol–water partition coefficient (Wildman–Crippen LogP) is 4.90. The quantitative estimate of drug-likeness (QED) is 0.571. The Labute approximate surface area is 134 Å². The summed E-state index contributed by atoms with van der Waals surface area (Å²) in [6, 6.07) is 9.33. The zero-order valence-corrected chi connectivity index (χ0v) is 14.3. The number of halogens is 2. The van der Waals surface area contributed by atoms with Gasteiger partial charge in [0.2, 0.25) is 0 Å². The monoisotopic (exact) mass is 396 g/mol. The van der Waals surface area contributed by atoms with E-state index in [-0.39, 0.29) is 5.84 Å². The molecule has 0 amide bonds. The maximum Gasteiger partial charge on any atom is 0.138 e. The first-order valence-electron chi connectivity index (χ1n) is 5.97. The van der Waals surface area contributed by atoms with Crippen molar-refractivity contribution in [2.75, 3.05) is 0 Å². The molecule has 0 saturated heterocycles. The summed E-state index contributed by atoms with van der Waals surface area (Å²) in [4.78, 5) is 0. The van der Waals surface area contributed by atoms with Gasteiger partial charge in [-0.05, 0) is 55.3 Å². The van der Waals surface area contributed by atoms with Gasteiger partial charge in [0.15, 0.2) is 0 Å². The van der Waals surface area contributed by atoms with Gasteiger partial charge in [0.25, 0.3) is 0 Å². The Morgan fingerprint density at radius 1 is 1.10 bits per heavy atom. The van der Waals surface area contributed by atoms with Gasteiger partial charge in [0.05, 0.1) is 5.56 Å². The normalized spacial score (nSPS) is 10.4. The molecule has 2 aromatic carbocycles. The van der Waals surface area contributed by atoms with Gasteiger partial charge in [-0.1, -0.05) is 31.9 Å². The number of hydrogen-bond donors (Lipinski definition) is 2. The zero-order valence-electron chi connectivity index (χ0n) is 11.1. The molecule has 104 valence electrons. The molecule has 0 bridgehead atoms. The summed E-state index contributed by atoms with van der Waals surface area (Å²) < 4.78 is 7.82. The Morgan fingerprint density at radius 2 is 1.70 bits per heavy atom. The highest BCUT2D eigenvalue weighted by Crippen LogP contribution is 2.32. The number of nitrogens with one attached hydrogen (secondary N) is 1. The minimum atomic E-state index is -0.0214. The fourth-order valence-electron chi connectivity index (χ4n) is 1.89. The largest absolute Gasteiger partial charge is 0.457 e. The number of benzene rings is 2. The molecule has 20 heavy (non-hydrogen) atoms. The van der Waals surface area contributed by atoms with Crippen molar-refractivity contribution in [3.8, 4) is 11.5 Å². The van der Waals surface area contributed by atoms with Crippen molar-refractivity contribution in [2.24, 2.45) is 5.73 Å². The highest BCUT2D eigenvalue weighted by Gasteiger charge is 2.10. The van der Waals surface area contributed by atoms with E-state index in [9.17, 15) is 0 Å². The van der Waals surface area contributed by atoms with Gasteiger partial charge in [0.1, 0.15) is 17.3 Å². The Balaban J connectivity index is 2.42. The number of nitrogens with two attached hydrogens (primary N) is 1. The zero-order chi connectivity index (χ0) is 14.9. The van der Waals surface area contributed by atoms with E-state index in [1.807, 2.05) is 32.0 Å². The van der Waals surface area contributed by atoms with Gasteiger partial charge in [-0.2, -0.15) is 0 Å². The smallest absolute Gasteiger partial charge is 0.138 e. The minimum Gasteiger partial charge on any atom is -0.457 e. The summed E-state index contributed by atoms with van der Waals surface area (Å²) in [5.74, 6) is 1.28. The van der Waals surface area contributed by atoms with E-state index in [1.54, 1.807) is 12.1 Å².